The first-order valence-corrected chi connectivity index (χ1v) is 12.8. The quantitative estimate of drug-likeness (QED) is 0.403. The molecule has 11 heteroatoms. The number of aromatic nitrogens is 4. The van der Waals surface area contributed by atoms with Gasteiger partial charge in [0.05, 0.1) is 28.7 Å². The maximum absolute atomic E-state index is 14.6. The predicted molar refractivity (Wildman–Crippen MR) is 147 cm³/mol. The zero-order valence-corrected chi connectivity index (χ0v) is 22.9. The topological polar surface area (TPSA) is 105 Å². The third-order valence-corrected chi connectivity index (χ3v) is 6.65. The lowest BCUT2D eigenvalue weighted by molar-refractivity contribution is 0.000387. The highest BCUT2D eigenvalue weighted by Gasteiger charge is 2.39. The average molecular weight is 534 g/mol. The van der Waals surface area contributed by atoms with Gasteiger partial charge in [-0.15, -0.1) is 5.10 Å². The van der Waals surface area contributed by atoms with Crippen LogP contribution in [-0.4, -0.2) is 67.3 Å². The summed E-state index contributed by atoms with van der Waals surface area (Å²) in [5.41, 5.74) is 1.71. The number of hydrogen-bond acceptors (Lipinski definition) is 7. The second-order valence-corrected chi connectivity index (χ2v) is 11.4. The van der Waals surface area contributed by atoms with Crippen LogP contribution in [0.25, 0.3) is 16.6 Å². The fourth-order valence-corrected chi connectivity index (χ4v) is 4.99. The monoisotopic (exact) mass is 533 g/mol. The molecule has 0 saturated carbocycles. The SMILES string of the molecule is Cc1cn2cc(NC(=O)c3ccc(N4CCN(C(=O)OC(C)(C)C)C(C)(C)C4)c4ccnnc34)cc(F)c2n1. The largest absolute Gasteiger partial charge is 0.444 e. The van der Waals surface area contributed by atoms with Gasteiger partial charge in [0.15, 0.2) is 11.5 Å². The highest BCUT2D eigenvalue weighted by Crippen LogP contribution is 2.33. The van der Waals surface area contributed by atoms with E-state index in [1.807, 2.05) is 46.8 Å². The van der Waals surface area contributed by atoms with Gasteiger partial charge in [0.1, 0.15) is 11.1 Å². The van der Waals surface area contributed by atoms with Crippen molar-refractivity contribution in [3.8, 4) is 0 Å². The van der Waals surface area contributed by atoms with E-state index < -0.39 is 22.9 Å². The molecule has 4 heterocycles. The number of ether oxygens (including phenoxy) is 1. The summed E-state index contributed by atoms with van der Waals surface area (Å²) in [5.74, 6) is -0.966. The molecular weight excluding hydrogens is 501 g/mol. The Bertz CT molecular complexity index is 1590. The Hall–Kier alpha value is -4.28. The van der Waals surface area contributed by atoms with Gasteiger partial charge in [0.25, 0.3) is 5.91 Å². The smallest absolute Gasteiger partial charge is 0.410 e. The van der Waals surface area contributed by atoms with Crippen molar-refractivity contribution in [3.63, 3.8) is 0 Å². The molecule has 1 saturated heterocycles. The number of imidazole rings is 1. The molecule has 1 aliphatic heterocycles. The molecule has 2 amide bonds. The van der Waals surface area contributed by atoms with E-state index in [1.54, 1.807) is 40.9 Å². The van der Waals surface area contributed by atoms with E-state index >= 15 is 0 Å². The second-order valence-electron chi connectivity index (χ2n) is 11.4. The lowest BCUT2D eigenvalue weighted by Crippen LogP contribution is -2.61. The number of pyridine rings is 1. The van der Waals surface area contributed by atoms with Crippen LogP contribution in [0.5, 0.6) is 0 Å². The highest BCUT2D eigenvalue weighted by atomic mass is 19.1. The minimum Gasteiger partial charge on any atom is -0.444 e. The fourth-order valence-electron chi connectivity index (χ4n) is 4.99. The van der Waals surface area contributed by atoms with Gasteiger partial charge >= 0.3 is 6.09 Å². The van der Waals surface area contributed by atoms with E-state index in [0.717, 1.165) is 11.1 Å². The molecule has 39 heavy (non-hydrogen) atoms. The van der Waals surface area contributed by atoms with Gasteiger partial charge in [-0.25, -0.2) is 14.2 Å². The van der Waals surface area contributed by atoms with Crippen molar-refractivity contribution in [2.24, 2.45) is 0 Å². The van der Waals surface area contributed by atoms with Crippen molar-refractivity contribution < 1.29 is 18.7 Å². The highest BCUT2D eigenvalue weighted by molar-refractivity contribution is 6.13. The van der Waals surface area contributed by atoms with E-state index in [2.05, 4.69) is 25.4 Å². The summed E-state index contributed by atoms with van der Waals surface area (Å²) >= 11 is 0. The fraction of sp³-hybridized carbons (Fsp3) is 0.393. The number of anilines is 2. The summed E-state index contributed by atoms with van der Waals surface area (Å²) in [4.78, 5) is 34.2. The minimum atomic E-state index is -0.579. The van der Waals surface area contributed by atoms with Gasteiger partial charge in [0, 0.05) is 49.2 Å². The normalized spacial score (nSPS) is 15.6. The maximum atomic E-state index is 14.6. The summed E-state index contributed by atoms with van der Waals surface area (Å²) in [6.45, 7) is 13.0. The van der Waals surface area contributed by atoms with E-state index in [0.29, 0.717) is 42.1 Å². The molecule has 3 aromatic heterocycles. The Balaban J connectivity index is 1.42. The number of carbonyl (C=O) groups is 2. The molecule has 10 nitrogen and oxygen atoms in total. The Kier molecular flexibility index (Phi) is 6.40. The number of fused-ring (bicyclic) bond motifs is 2. The van der Waals surface area contributed by atoms with Gasteiger partial charge < -0.3 is 19.4 Å². The lowest BCUT2D eigenvalue weighted by Gasteiger charge is -2.48. The molecule has 1 fully saturated rings. The number of halogens is 1. The number of amides is 2. The zero-order chi connectivity index (χ0) is 28.1. The van der Waals surface area contributed by atoms with E-state index in [-0.39, 0.29) is 11.7 Å². The van der Waals surface area contributed by atoms with Crippen LogP contribution < -0.4 is 10.2 Å². The minimum absolute atomic E-state index is 0.195. The molecule has 204 valence electrons. The standard InChI is InChI=1S/C28H32FN7O3/c1-17-14-35-15-18(13-21(29)24(35)31-17)32-25(37)20-7-8-22(19-9-10-30-33-23(19)20)34-11-12-36(28(5,6)16-34)26(38)39-27(2,3)4/h7-10,13-15H,11-12,16H2,1-6H3,(H,32,37). The molecule has 1 aliphatic rings. The number of benzene rings is 1. The average Bonchev–Trinajstić information content (AvgIpc) is 3.22. The van der Waals surface area contributed by atoms with Gasteiger partial charge in [-0.1, -0.05) is 0 Å². The molecule has 0 unspecified atom stereocenters. The molecule has 0 radical (unpaired) electrons. The molecule has 5 rings (SSSR count). The van der Waals surface area contributed by atoms with Crippen LogP contribution >= 0.6 is 0 Å². The Morgan fingerprint density at radius 1 is 1.13 bits per heavy atom. The van der Waals surface area contributed by atoms with Gasteiger partial charge in [-0.3, -0.25) is 9.69 Å². The molecule has 4 aromatic rings. The number of nitrogens with zero attached hydrogens (tertiary/aromatic N) is 6. The second kappa shape index (κ2) is 9.48. The summed E-state index contributed by atoms with van der Waals surface area (Å²) < 4.78 is 21.7. The van der Waals surface area contributed by atoms with Crippen molar-refractivity contribution >= 4 is 39.9 Å². The lowest BCUT2D eigenvalue weighted by atomic mass is 9.97. The first kappa shape index (κ1) is 26.3. The van der Waals surface area contributed by atoms with Crippen LogP contribution in [0.4, 0.5) is 20.6 Å². The number of carbonyl (C=O) groups excluding carboxylic acids is 2. The Labute approximate surface area is 225 Å². The third kappa shape index (κ3) is 5.21. The molecule has 1 N–H and O–H groups in total. The van der Waals surface area contributed by atoms with Crippen LogP contribution in [-0.2, 0) is 4.74 Å². The van der Waals surface area contributed by atoms with E-state index in [9.17, 15) is 14.0 Å². The van der Waals surface area contributed by atoms with Crippen molar-refractivity contribution in [2.45, 2.75) is 52.7 Å². The van der Waals surface area contributed by atoms with Crippen molar-refractivity contribution in [1.82, 2.24) is 24.5 Å². The van der Waals surface area contributed by atoms with Crippen LogP contribution in [0.1, 0.15) is 50.7 Å². The van der Waals surface area contributed by atoms with Crippen molar-refractivity contribution in [3.05, 3.63) is 59.9 Å². The van der Waals surface area contributed by atoms with Crippen molar-refractivity contribution in [2.75, 3.05) is 29.9 Å². The Morgan fingerprint density at radius 3 is 2.62 bits per heavy atom. The molecule has 0 spiro atoms. The van der Waals surface area contributed by atoms with Crippen molar-refractivity contribution in [1.29, 1.82) is 0 Å². The van der Waals surface area contributed by atoms with Gasteiger partial charge in [-0.05, 0) is 59.7 Å². The summed E-state index contributed by atoms with van der Waals surface area (Å²) in [6, 6.07) is 6.64. The van der Waals surface area contributed by atoms with Crippen LogP contribution in [0.2, 0.25) is 0 Å². The third-order valence-electron chi connectivity index (χ3n) is 6.65. The maximum Gasteiger partial charge on any atom is 0.410 e. The number of aryl methyl sites for hydroxylation is 1. The van der Waals surface area contributed by atoms with Gasteiger partial charge in [-0.2, -0.15) is 5.10 Å². The summed E-state index contributed by atoms with van der Waals surface area (Å²) in [6.07, 6.45) is 4.55. The molecule has 0 bridgehead atoms. The zero-order valence-electron chi connectivity index (χ0n) is 22.9. The van der Waals surface area contributed by atoms with Crippen LogP contribution in [0, 0.1) is 12.7 Å². The summed E-state index contributed by atoms with van der Waals surface area (Å²) in [5, 5.41) is 11.8. The van der Waals surface area contributed by atoms with Crippen LogP contribution in [0.15, 0.2) is 42.9 Å². The van der Waals surface area contributed by atoms with E-state index in [1.165, 1.54) is 6.07 Å². The molecular formula is C28H32FN7O3. The summed E-state index contributed by atoms with van der Waals surface area (Å²) in [7, 11) is 0. The van der Waals surface area contributed by atoms with E-state index in [4.69, 9.17) is 4.74 Å². The van der Waals surface area contributed by atoms with Crippen LogP contribution in [0.3, 0.4) is 0 Å². The molecule has 0 aliphatic carbocycles. The van der Waals surface area contributed by atoms with Gasteiger partial charge in [0.2, 0.25) is 0 Å². The molecule has 1 aromatic carbocycles. The number of piperazine rings is 1. The first-order chi connectivity index (χ1) is 18.3. The number of hydrogen-bond donors (Lipinski definition) is 1. The Morgan fingerprint density at radius 2 is 1.90 bits per heavy atom. The predicted octanol–water partition coefficient (Wildman–Crippen LogP) is 4.81. The number of rotatable bonds is 3. The first-order valence-electron chi connectivity index (χ1n) is 12.8. The number of nitrogens with one attached hydrogen (secondary N) is 1. The molecule has 0 atom stereocenters.